The van der Waals surface area contributed by atoms with Crippen LogP contribution in [0.1, 0.15) is 18.4 Å². The van der Waals surface area contributed by atoms with Crippen molar-refractivity contribution in [3.05, 3.63) is 41.8 Å². The lowest BCUT2D eigenvalue weighted by atomic mass is 10.1. The van der Waals surface area contributed by atoms with Crippen molar-refractivity contribution < 1.29 is 8.78 Å². The Kier molecular flexibility index (Phi) is 3.31. The predicted octanol–water partition coefficient (Wildman–Crippen LogP) is 2.76. The molecule has 3 heteroatoms. The van der Waals surface area contributed by atoms with Crippen molar-refractivity contribution in [2.75, 3.05) is 13.1 Å². The van der Waals surface area contributed by atoms with Crippen LogP contribution in [0.2, 0.25) is 0 Å². The molecule has 15 heavy (non-hydrogen) atoms. The zero-order valence-corrected chi connectivity index (χ0v) is 8.55. The molecule has 2 rings (SSSR count). The maximum absolute atomic E-state index is 13.3. The van der Waals surface area contributed by atoms with Crippen LogP contribution in [0.5, 0.6) is 0 Å². The van der Waals surface area contributed by atoms with Crippen LogP contribution in [0.25, 0.3) is 0 Å². The summed E-state index contributed by atoms with van der Waals surface area (Å²) in [5.74, 6) is -0.951. The molecule has 1 heterocycles. The number of rotatable bonds is 2. The van der Waals surface area contributed by atoms with Gasteiger partial charge in [-0.3, -0.25) is 4.90 Å². The first-order valence-corrected chi connectivity index (χ1v) is 5.23. The lowest BCUT2D eigenvalue weighted by Gasteiger charge is -2.26. The van der Waals surface area contributed by atoms with Crippen molar-refractivity contribution in [2.45, 2.75) is 19.4 Å². The standard InChI is InChI=1S/C12H14F2N/c13-11-5-4-10(12(14)8-11)9-15-6-2-1-3-7-15/h1,4-5,8H,2-3,6-7,9H2. The second-order valence-corrected chi connectivity index (χ2v) is 3.88. The van der Waals surface area contributed by atoms with Crippen molar-refractivity contribution in [1.29, 1.82) is 0 Å². The Hall–Kier alpha value is -0.960. The van der Waals surface area contributed by atoms with Crippen molar-refractivity contribution in [1.82, 2.24) is 4.90 Å². The average Bonchev–Trinajstić information content (AvgIpc) is 2.24. The highest BCUT2D eigenvalue weighted by Crippen LogP contribution is 2.15. The molecule has 0 bridgehead atoms. The molecule has 81 valence electrons. The van der Waals surface area contributed by atoms with Gasteiger partial charge in [0, 0.05) is 18.2 Å². The minimum atomic E-state index is -0.511. The number of halogens is 2. The van der Waals surface area contributed by atoms with E-state index in [1.165, 1.54) is 12.1 Å². The van der Waals surface area contributed by atoms with E-state index in [9.17, 15) is 8.78 Å². The molecule has 0 saturated carbocycles. The first-order valence-electron chi connectivity index (χ1n) is 5.23. The van der Waals surface area contributed by atoms with Crippen LogP contribution in [-0.4, -0.2) is 18.0 Å². The van der Waals surface area contributed by atoms with Gasteiger partial charge in [0.25, 0.3) is 0 Å². The average molecular weight is 210 g/mol. The Morgan fingerprint density at radius 2 is 1.87 bits per heavy atom. The number of hydrogen-bond donors (Lipinski definition) is 0. The van der Waals surface area contributed by atoms with E-state index < -0.39 is 11.6 Å². The Morgan fingerprint density at radius 1 is 1.13 bits per heavy atom. The molecule has 0 atom stereocenters. The van der Waals surface area contributed by atoms with E-state index in [1.807, 2.05) is 0 Å². The largest absolute Gasteiger partial charge is 0.299 e. The zero-order chi connectivity index (χ0) is 10.7. The lowest BCUT2D eigenvalue weighted by Crippen LogP contribution is -2.29. The zero-order valence-electron chi connectivity index (χ0n) is 8.55. The summed E-state index contributed by atoms with van der Waals surface area (Å²) >= 11 is 0. The number of nitrogens with zero attached hydrogens (tertiary/aromatic N) is 1. The monoisotopic (exact) mass is 210 g/mol. The fourth-order valence-electron chi connectivity index (χ4n) is 1.85. The quantitative estimate of drug-likeness (QED) is 0.725. The molecular formula is C12H14F2N. The van der Waals surface area contributed by atoms with Gasteiger partial charge in [-0.25, -0.2) is 8.78 Å². The van der Waals surface area contributed by atoms with E-state index >= 15 is 0 Å². The molecule has 0 amide bonds. The molecule has 1 radical (unpaired) electrons. The second-order valence-electron chi connectivity index (χ2n) is 3.88. The number of benzene rings is 1. The topological polar surface area (TPSA) is 3.24 Å². The van der Waals surface area contributed by atoms with E-state index in [4.69, 9.17) is 0 Å². The van der Waals surface area contributed by atoms with Gasteiger partial charge in [0.15, 0.2) is 0 Å². The molecule has 0 aromatic heterocycles. The van der Waals surface area contributed by atoms with E-state index in [0.29, 0.717) is 12.1 Å². The summed E-state index contributed by atoms with van der Waals surface area (Å²) in [7, 11) is 0. The van der Waals surface area contributed by atoms with Gasteiger partial charge >= 0.3 is 0 Å². The molecule has 0 N–H and O–H groups in total. The smallest absolute Gasteiger partial charge is 0.130 e. The molecule has 1 aliphatic heterocycles. The molecule has 1 nitrogen and oxygen atoms in total. The first-order chi connectivity index (χ1) is 7.25. The van der Waals surface area contributed by atoms with Gasteiger partial charge in [-0.15, -0.1) is 0 Å². The van der Waals surface area contributed by atoms with Crippen molar-refractivity contribution in [3.63, 3.8) is 0 Å². The summed E-state index contributed by atoms with van der Waals surface area (Å²) in [5, 5.41) is 0. The highest BCUT2D eigenvalue weighted by Gasteiger charge is 2.12. The van der Waals surface area contributed by atoms with Crippen LogP contribution < -0.4 is 0 Å². The van der Waals surface area contributed by atoms with E-state index in [2.05, 4.69) is 11.3 Å². The van der Waals surface area contributed by atoms with Crippen LogP contribution in [0, 0.1) is 18.1 Å². The van der Waals surface area contributed by atoms with Gasteiger partial charge in [0.2, 0.25) is 0 Å². The third kappa shape index (κ3) is 2.75. The third-order valence-corrected chi connectivity index (χ3v) is 2.71. The van der Waals surface area contributed by atoms with Crippen LogP contribution >= 0.6 is 0 Å². The summed E-state index contributed by atoms with van der Waals surface area (Å²) in [5.41, 5.74) is 0.582. The van der Waals surface area contributed by atoms with E-state index in [-0.39, 0.29) is 0 Å². The van der Waals surface area contributed by atoms with Gasteiger partial charge < -0.3 is 0 Å². The predicted molar refractivity (Wildman–Crippen MR) is 55.2 cm³/mol. The Bertz CT molecular complexity index is 332. The summed E-state index contributed by atoms with van der Waals surface area (Å²) in [6.07, 6.45) is 4.36. The number of likely N-dealkylation sites (tertiary alicyclic amines) is 1. The van der Waals surface area contributed by atoms with Crippen molar-refractivity contribution in [3.8, 4) is 0 Å². The molecule has 1 fully saturated rings. The molecule has 0 aliphatic carbocycles. The van der Waals surface area contributed by atoms with Crippen LogP contribution in [0.4, 0.5) is 8.78 Å². The van der Waals surface area contributed by atoms with Crippen LogP contribution in [-0.2, 0) is 6.54 Å². The van der Waals surface area contributed by atoms with E-state index in [1.54, 1.807) is 0 Å². The molecular weight excluding hydrogens is 196 g/mol. The van der Waals surface area contributed by atoms with Gasteiger partial charge in [-0.2, -0.15) is 0 Å². The fourth-order valence-corrected chi connectivity index (χ4v) is 1.85. The number of piperidine rings is 1. The normalized spacial score (nSPS) is 18.0. The van der Waals surface area contributed by atoms with Crippen LogP contribution in [0.15, 0.2) is 18.2 Å². The van der Waals surface area contributed by atoms with Crippen molar-refractivity contribution >= 4 is 0 Å². The van der Waals surface area contributed by atoms with Crippen molar-refractivity contribution in [2.24, 2.45) is 0 Å². The summed E-state index contributed by atoms with van der Waals surface area (Å²) in [4.78, 5) is 2.19. The SMILES string of the molecule is Fc1ccc(CN2CC[CH]CC2)c(F)c1. The molecule has 0 unspecified atom stereocenters. The Labute approximate surface area is 88.7 Å². The Morgan fingerprint density at radius 3 is 2.53 bits per heavy atom. The number of hydrogen-bond acceptors (Lipinski definition) is 1. The highest BCUT2D eigenvalue weighted by molar-refractivity contribution is 5.18. The van der Waals surface area contributed by atoms with Gasteiger partial charge in [0.05, 0.1) is 0 Å². The van der Waals surface area contributed by atoms with Crippen LogP contribution in [0.3, 0.4) is 0 Å². The minimum absolute atomic E-state index is 0.440. The molecule has 1 aromatic carbocycles. The fraction of sp³-hybridized carbons (Fsp3) is 0.417. The minimum Gasteiger partial charge on any atom is -0.299 e. The maximum Gasteiger partial charge on any atom is 0.130 e. The second kappa shape index (κ2) is 4.71. The molecule has 1 aliphatic rings. The van der Waals surface area contributed by atoms with E-state index in [0.717, 1.165) is 32.0 Å². The van der Waals surface area contributed by atoms with Gasteiger partial charge in [-0.05, 0) is 38.4 Å². The molecule has 1 aromatic rings. The highest BCUT2D eigenvalue weighted by atomic mass is 19.1. The molecule has 0 spiro atoms. The van der Waals surface area contributed by atoms with Gasteiger partial charge in [0.1, 0.15) is 11.6 Å². The molecule has 1 saturated heterocycles. The summed E-state index contributed by atoms with van der Waals surface area (Å²) in [6, 6.07) is 3.79. The lowest BCUT2D eigenvalue weighted by molar-refractivity contribution is 0.242. The summed E-state index contributed by atoms with van der Waals surface area (Å²) < 4.78 is 26.0. The van der Waals surface area contributed by atoms with Gasteiger partial charge in [-0.1, -0.05) is 6.07 Å². The first kappa shape index (κ1) is 10.6. The summed E-state index contributed by atoms with van der Waals surface area (Å²) in [6.45, 7) is 2.52. The maximum atomic E-state index is 13.3. The third-order valence-electron chi connectivity index (χ3n) is 2.71. The Balaban J connectivity index is 2.03.